The molecule has 72 valence electrons. The van der Waals surface area contributed by atoms with E-state index in [9.17, 15) is 9.59 Å². The molecule has 1 saturated heterocycles. The fourth-order valence-electron chi connectivity index (χ4n) is 2.48. The van der Waals surface area contributed by atoms with Crippen LogP contribution in [0, 0.1) is 5.92 Å². The van der Waals surface area contributed by atoms with Gasteiger partial charge in [-0.1, -0.05) is 0 Å². The average Bonchev–Trinajstić information content (AvgIpc) is 2.26. The highest BCUT2D eigenvalue weighted by molar-refractivity contribution is 5.82. The molecule has 0 bridgehead atoms. The van der Waals surface area contributed by atoms with Crippen LogP contribution < -0.4 is 5.73 Å². The van der Waals surface area contributed by atoms with E-state index in [1.807, 2.05) is 7.05 Å². The van der Waals surface area contributed by atoms with Crippen molar-refractivity contribution in [2.45, 2.75) is 31.2 Å². The van der Waals surface area contributed by atoms with Gasteiger partial charge in [0, 0.05) is 24.9 Å². The van der Waals surface area contributed by atoms with Gasteiger partial charge in [-0.15, -0.1) is 0 Å². The molecule has 0 aromatic heterocycles. The van der Waals surface area contributed by atoms with Crippen LogP contribution in [0.15, 0.2) is 0 Å². The highest BCUT2D eigenvalue weighted by Gasteiger charge is 2.53. The SMILES string of the molecule is CN1C(=O)CCC12CC(C(N)=O)C2. The largest absolute Gasteiger partial charge is 0.369 e. The Kier molecular flexibility index (Phi) is 1.62. The Balaban J connectivity index is 2.04. The predicted molar refractivity (Wildman–Crippen MR) is 46.7 cm³/mol. The Hall–Kier alpha value is -1.06. The summed E-state index contributed by atoms with van der Waals surface area (Å²) in [4.78, 5) is 23.9. The van der Waals surface area contributed by atoms with Crippen molar-refractivity contribution < 1.29 is 9.59 Å². The maximum Gasteiger partial charge on any atom is 0.222 e. The van der Waals surface area contributed by atoms with Gasteiger partial charge in [0.25, 0.3) is 0 Å². The Bertz CT molecular complexity index is 269. The quantitative estimate of drug-likeness (QED) is 0.614. The Morgan fingerprint density at radius 3 is 2.62 bits per heavy atom. The molecule has 0 aromatic carbocycles. The van der Waals surface area contributed by atoms with Crippen LogP contribution in [0.3, 0.4) is 0 Å². The lowest BCUT2D eigenvalue weighted by atomic mass is 9.66. The van der Waals surface area contributed by atoms with Crippen molar-refractivity contribution in [1.82, 2.24) is 4.90 Å². The monoisotopic (exact) mass is 182 g/mol. The minimum absolute atomic E-state index is 0.00616. The smallest absolute Gasteiger partial charge is 0.222 e. The van der Waals surface area contributed by atoms with Crippen molar-refractivity contribution in [1.29, 1.82) is 0 Å². The van der Waals surface area contributed by atoms with E-state index in [0.29, 0.717) is 6.42 Å². The Morgan fingerprint density at radius 1 is 1.62 bits per heavy atom. The van der Waals surface area contributed by atoms with Gasteiger partial charge < -0.3 is 10.6 Å². The van der Waals surface area contributed by atoms with Gasteiger partial charge in [-0.25, -0.2) is 0 Å². The number of carbonyl (C=O) groups excluding carboxylic acids is 2. The molecule has 2 aliphatic rings. The molecule has 2 fully saturated rings. The third kappa shape index (κ3) is 1.04. The zero-order valence-corrected chi connectivity index (χ0v) is 7.75. The van der Waals surface area contributed by atoms with E-state index in [4.69, 9.17) is 5.73 Å². The van der Waals surface area contributed by atoms with Crippen LogP contribution in [0.25, 0.3) is 0 Å². The van der Waals surface area contributed by atoms with Gasteiger partial charge in [0.15, 0.2) is 0 Å². The van der Waals surface area contributed by atoms with Gasteiger partial charge in [0.1, 0.15) is 0 Å². The molecule has 2 N–H and O–H groups in total. The van der Waals surface area contributed by atoms with Crippen molar-refractivity contribution in [2.24, 2.45) is 11.7 Å². The summed E-state index contributed by atoms with van der Waals surface area (Å²) in [6, 6.07) is 0. The first-order valence-electron chi connectivity index (χ1n) is 4.61. The molecule has 0 unspecified atom stereocenters. The molecule has 0 atom stereocenters. The van der Waals surface area contributed by atoms with Crippen molar-refractivity contribution in [3.05, 3.63) is 0 Å². The standard InChI is InChI=1S/C9H14N2O2/c1-11-7(12)2-3-9(11)4-6(5-9)8(10)13/h6H,2-5H2,1H3,(H2,10,13). The van der Waals surface area contributed by atoms with Crippen molar-refractivity contribution >= 4 is 11.8 Å². The summed E-state index contributed by atoms with van der Waals surface area (Å²) in [5.41, 5.74) is 5.17. The van der Waals surface area contributed by atoms with Gasteiger partial charge in [-0.05, 0) is 19.3 Å². The first kappa shape index (κ1) is 8.53. The zero-order valence-electron chi connectivity index (χ0n) is 7.75. The third-order valence-electron chi connectivity index (χ3n) is 3.54. The van der Waals surface area contributed by atoms with Crippen LogP contribution in [0.2, 0.25) is 0 Å². The van der Waals surface area contributed by atoms with E-state index >= 15 is 0 Å². The first-order valence-corrected chi connectivity index (χ1v) is 4.61. The van der Waals surface area contributed by atoms with Crippen LogP contribution in [0.4, 0.5) is 0 Å². The fourth-order valence-corrected chi connectivity index (χ4v) is 2.48. The average molecular weight is 182 g/mol. The zero-order chi connectivity index (χ0) is 9.64. The van der Waals surface area contributed by atoms with Gasteiger partial charge >= 0.3 is 0 Å². The van der Waals surface area contributed by atoms with E-state index in [1.165, 1.54) is 0 Å². The number of hydrogen-bond donors (Lipinski definition) is 1. The summed E-state index contributed by atoms with van der Waals surface area (Å²) in [6.07, 6.45) is 3.06. The molecule has 1 aliphatic carbocycles. The van der Waals surface area contributed by atoms with Crippen LogP contribution in [0.1, 0.15) is 25.7 Å². The summed E-state index contributed by atoms with van der Waals surface area (Å²) in [7, 11) is 1.83. The second-order valence-electron chi connectivity index (χ2n) is 4.18. The molecule has 1 aliphatic heterocycles. The predicted octanol–water partition coefficient (Wildman–Crippen LogP) is -0.127. The van der Waals surface area contributed by atoms with Gasteiger partial charge in [0.2, 0.25) is 11.8 Å². The minimum Gasteiger partial charge on any atom is -0.369 e. The molecule has 4 heteroatoms. The van der Waals surface area contributed by atoms with E-state index in [1.54, 1.807) is 4.90 Å². The number of hydrogen-bond acceptors (Lipinski definition) is 2. The minimum atomic E-state index is -0.224. The maximum atomic E-state index is 11.3. The molecule has 1 heterocycles. The number of likely N-dealkylation sites (tertiary alicyclic amines) is 1. The topological polar surface area (TPSA) is 63.4 Å². The Morgan fingerprint density at radius 2 is 2.23 bits per heavy atom. The number of carbonyl (C=O) groups is 2. The molecule has 0 radical (unpaired) electrons. The molecule has 1 saturated carbocycles. The lowest BCUT2D eigenvalue weighted by Gasteiger charge is -2.48. The molecule has 1 spiro atoms. The summed E-state index contributed by atoms with van der Waals surface area (Å²) in [5, 5.41) is 0. The highest BCUT2D eigenvalue weighted by Crippen LogP contribution is 2.48. The molecule has 4 nitrogen and oxygen atoms in total. The third-order valence-corrected chi connectivity index (χ3v) is 3.54. The molecule has 2 rings (SSSR count). The summed E-state index contributed by atoms with van der Waals surface area (Å²) in [6.45, 7) is 0. The number of nitrogens with two attached hydrogens (primary N) is 1. The van der Waals surface area contributed by atoms with Gasteiger partial charge in [-0.2, -0.15) is 0 Å². The molecular formula is C9H14N2O2. The summed E-state index contributed by atoms with van der Waals surface area (Å²) >= 11 is 0. The summed E-state index contributed by atoms with van der Waals surface area (Å²) < 4.78 is 0. The number of amides is 2. The fraction of sp³-hybridized carbons (Fsp3) is 0.778. The van der Waals surface area contributed by atoms with Gasteiger partial charge in [0.05, 0.1) is 0 Å². The van der Waals surface area contributed by atoms with E-state index in [2.05, 4.69) is 0 Å². The number of primary amides is 1. The van der Waals surface area contributed by atoms with Gasteiger partial charge in [-0.3, -0.25) is 9.59 Å². The highest BCUT2D eigenvalue weighted by atomic mass is 16.2. The van der Waals surface area contributed by atoms with Crippen LogP contribution in [0.5, 0.6) is 0 Å². The van der Waals surface area contributed by atoms with Crippen molar-refractivity contribution in [3.63, 3.8) is 0 Å². The van der Waals surface area contributed by atoms with Crippen molar-refractivity contribution in [2.75, 3.05) is 7.05 Å². The summed E-state index contributed by atoms with van der Waals surface area (Å²) in [5.74, 6) is -0.0327. The lowest BCUT2D eigenvalue weighted by molar-refractivity contribution is -0.138. The second kappa shape index (κ2) is 2.47. The maximum absolute atomic E-state index is 11.3. The van der Waals surface area contributed by atoms with Crippen molar-refractivity contribution in [3.8, 4) is 0 Å². The molecular weight excluding hydrogens is 168 g/mol. The normalized spacial score (nSPS) is 38.1. The second-order valence-corrected chi connectivity index (χ2v) is 4.18. The first-order chi connectivity index (χ1) is 6.05. The van der Waals surface area contributed by atoms with E-state index in [-0.39, 0.29) is 23.3 Å². The molecule has 13 heavy (non-hydrogen) atoms. The number of rotatable bonds is 1. The Labute approximate surface area is 77.1 Å². The van der Waals surface area contributed by atoms with Crippen LogP contribution in [-0.4, -0.2) is 29.3 Å². The molecule has 2 amide bonds. The molecule has 0 aromatic rings. The van der Waals surface area contributed by atoms with E-state index in [0.717, 1.165) is 19.3 Å². The lowest BCUT2D eigenvalue weighted by Crippen LogP contribution is -2.56. The van der Waals surface area contributed by atoms with Crippen LogP contribution in [-0.2, 0) is 9.59 Å². The van der Waals surface area contributed by atoms with Crippen LogP contribution >= 0.6 is 0 Å². The van der Waals surface area contributed by atoms with E-state index < -0.39 is 0 Å². The number of nitrogens with zero attached hydrogens (tertiary/aromatic N) is 1.